The molecule has 0 radical (unpaired) electrons. The van der Waals surface area contributed by atoms with E-state index in [0.29, 0.717) is 6.04 Å². The van der Waals surface area contributed by atoms with Crippen LogP contribution < -0.4 is 14.8 Å². The lowest BCUT2D eigenvalue weighted by Crippen LogP contribution is -2.15. The molecule has 2 saturated carbocycles. The maximum Gasteiger partial charge on any atom is 0.175 e. The van der Waals surface area contributed by atoms with E-state index in [1.54, 1.807) is 7.11 Å². The van der Waals surface area contributed by atoms with Crippen molar-refractivity contribution in [1.82, 2.24) is 5.32 Å². The van der Waals surface area contributed by atoms with Gasteiger partial charge >= 0.3 is 0 Å². The summed E-state index contributed by atoms with van der Waals surface area (Å²) in [5.41, 5.74) is 1.23. The second-order valence-electron chi connectivity index (χ2n) is 5.84. The molecule has 0 atom stereocenters. The number of halogens is 1. The van der Waals surface area contributed by atoms with Crippen molar-refractivity contribution in [3.05, 3.63) is 22.2 Å². The Kier molecular flexibility index (Phi) is 4.51. The van der Waals surface area contributed by atoms with Crippen molar-refractivity contribution in [3.8, 4) is 11.5 Å². The highest BCUT2D eigenvalue weighted by atomic mass is 79.9. The van der Waals surface area contributed by atoms with E-state index in [0.717, 1.165) is 41.5 Å². The van der Waals surface area contributed by atoms with Crippen LogP contribution in [0.3, 0.4) is 0 Å². The molecule has 3 rings (SSSR count). The summed E-state index contributed by atoms with van der Waals surface area (Å²) in [6.07, 6.45) is 6.50. The zero-order chi connectivity index (χ0) is 13.9. The lowest BCUT2D eigenvalue weighted by atomic mass is 10.2. The highest BCUT2D eigenvalue weighted by Crippen LogP contribution is 2.38. The average Bonchev–Trinajstić information content (AvgIpc) is 3.32. The van der Waals surface area contributed by atoms with Gasteiger partial charge in [-0.3, -0.25) is 0 Å². The topological polar surface area (TPSA) is 30.5 Å². The number of ether oxygens (including phenoxy) is 2. The molecule has 0 spiro atoms. The van der Waals surface area contributed by atoms with Gasteiger partial charge in [0.05, 0.1) is 18.2 Å². The number of nitrogens with one attached hydrogen (secondary N) is 1. The molecule has 1 aromatic carbocycles. The van der Waals surface area contributed by atoms with Gasteiger partial charge < -0.3 is 14.8 Å². The first kappa shape index (κ1) is 14.2. The fraction of sp³-hybridized carbons (Fsp3) is 0.625. The molecule has 0 saturated heterocycles. The fourth-order valence-corrected chi connectivity index (χ4v) is 2.90. The quantitative estimate of drug-likeness (QED) is 0.779. The van der Waals surface area contributed by atoms with Gasteiger partial charge in [-0.1, -0.05) is 12.8 Å². The lowest BCUT2D eigenvalue weighted by molar-refractivity contribution is 0.281. The minimum atomic E-state index is 0.717. The maximum absolute atomic E-state index is 5.91. The number of rotatable bonds is 8. The molecule has 0 aromatic heterocycles. The smallest absolute Gasteiger partial charge is 0.175 e. The van der Waals surface area contributed by atoms with Crippen LogP contribution in [-0.4, -0.2) is 19.8 Å². The Labute approximate surface area is 129 Å². The summed E-state index contributed by atoms with van der Waals surface area (Å²) in [5, 5.41) is 3.52. The monoisotopic (exact) mass is 339 g/mol. The van der Waals surface area contributed by atoms with E-state index in [1.165, 1.54) is 31.2 Å². The van der Waals surface area contributed by atoms with Crippen molar-refractivity contribution in [3.63, 3.8) is 0 Å². The summed E-state index contributed by atoms with van der Waals surface area (Å²) >= 11 is 3.61. The molecular formula is C16H22BrNO2. The first-order chi connectivity index (χ1) is 9.76. The summed E-state index contributed by atoms with van der Waals surface area (Å²) in [7, 11) is 1.70. The highest BCUT2D eigenvalue weighted by Gasteiger charge is 2.22. The van der Waals surface area contributed by atoms with Gasteiger partial charge in [0.25, 0.3) is 0 Å². The molecule has 4 heteroatoms. The first-order valence-electron chi connectivity index (χ1n) is 7.49. The van der Waals surface area contributed by atoms with E-state index in [9.17, 15) is 0 Å². The zero-order valence-electron chi connectivity index (χ0n) is 12.0. The Balaban J connectivity index is 1.63. The summed E-state index contributed by atoms with van der Waals surface area (Å²) < 4.78 is 12.4. The van der Waals surface area contributed by atoms with Crippen molar-refractivity contribution < 1.29 is 9.47 Å². The Morgan fingerprint density at radius 1 is 1.25 bits per heavy atom. The zero-order valence-corrected chi connectivity index (χ0v) is 13.5. The molecule has 2 aliphatic carbocycles. The Morgan fingerprint density at radius 2 is 2.05 bits per heavy atom. The Bertz CT molecular complexity index is 470. The van der Waals surface area contributed by atoms with Gasteiger partial charge in [0.1, 0.15) is 0 Å². The molecule has 1 N–H and O–H groups in total. The molecule has 2 aliphatic rings. The third-order valence-corrected chi connectivity index (χ3v) is 4.52. The molecule has 2 fully saturated rings. The van der Waals surface area contributed by atoms with Crippen LogP contribution in [0.25, 0.3) is 0 Å². The minimum absolute atomic E-state index is 0.717. The van der Waals surface area contributed by atoms with Crippen LogP contribution in [0.1, 0.15) is 37.7 Å². The summed E-state index contributed by atoms with van der Waals surface area (Å²) in [6, 6.07) is 4.92. The Hall–Kier alpha value is -0.740. The molecule has 0 unspecified atom stereocenters. The van der Waals surface area contributed by atoms with Gasteiger partial charge in [-0.2, -0.15) is 0 Å². The lowest BCUT2D eigenvalue weighted by Gasteiger charge is -2.14. The molecule has 110 valence electrons. The van der Waals surface area contributed by atoms with Crippen LogP contribution in [-0.2, 0) is 6.54 Å². The van der Waals surface area contributed by atoms with Crippen LogP contribution in [0.15, 0.2) is 16.6 Å². The van der Waals surface area contributed by atoms with Crippen molar-refractivity contribution in [2.75, 3.05) is 13.7 Å². The molecule has 0 heterocycles. The third-order valence-electron chi connectivity index (χ3n) is 3.93. The van der Waals surface area contributed by atoms with Gasteiger partial charge in [0.2, 0.25) is 0 Å². The average molecular weight is 340 g/mol. The molecule has 0 bridgehead atoms. The molecule has 20 heavy (non-hydrogen) atoms. The SMILES string of the molecule is COc1cc(CNC2CC2)cc(Br)c1OCCC1CC1. The number of benzene rings is 1. The summed E-state index contributed by atoms with van der Waals surface area (Å²) in [6.45, 7) is 1.67. The van der Waals surface area contributed by atoms with Gasteiger partial charge in [-0.15, -0.1) is 0 Å². The van der Waals surface area contributed by atoms with E-state index in [2.05, 4.69) is 33.4 Å². The third kappa shape index (κ3) is 3.89. The van der Waals surface area contributed by atoms with Crippen LogP contribution in [0.5, 0.6) is 11.5 Å². The van der Waals surface area contributed by atoms with Gasteiger partial charge in [-0.25, -0.2) is 0 Å². The summed E-state index contributed by atoms with van der Waals surface area (Å²) in [5.74, 6) is 2.55. The molecular weight excluding hydrogens is 318 g/mol. The van der Waals surface area contributed by atoms with Crippen molar-refractivity contribution in [2.24, 2.45) is 5.92 Å². The first-order valence-corrected chi connectivity index (χ1v) is 8.28. The van der Waals surface area contributed by atoms with E-state index in [-0.39, 0.29) is 0 Å². The number of methoxy groups -OCH3 is 1. The largest absolute Gasteiger partial charge is 0.493 e. The predicted molar refractivity (Wildman–Crippen MR) is 83.4 cm³/mol. The number of hydrogen-bond acceptors (Lipinski definition) is 3. The van der Waals surface area contributed by atoms with E-state index in [4.69, 9.17) is 9.47 Å². The Morgan fingerprint density at radius 3 is 2.70 bits per heavy atom. The second kappa shape index (κ2) is 6.35. The summed E-state index contributed by atoms with van der Waals surface area (Å²) in [4.78, 5) is 0. The van der Waals surface area contributed by atoms with Crippen LogP contribution in [0, 0.1) is 5.92 Å². The fourth-order valence-electron chi connectivity index (χ4n) is 2.30. The number of hydrogen-bond donors (Lipinski definition) is 1. The van der Waals surface area contributed by atoms with E-state index in [1.807, 2.05) is 0 Å². The van der Waals surface area contributed by atoms with Gasteiger partial charge in [-0.05, 0) is 58.8 Å². The molecule has 0 amide bonds. The van der Waals surface area contributed by atoms with Crippen molar-refractivity contribution >= 4 is 15.9 Å². The molecule has 3 nitrogen and oxygen atoms in total. The normalized spacial score (nSPS) is 18.1. The standard InChI is InChI=1S/C16H22BrNO2/c1-19-15-9-12(10-18-13-4-5-13)8-14(17)16(15)20-7-6-11-2-3-11/h8-9,11,13,18H,2-7,10H2,1H3. The second-order valence-corrected chi connectivity index (χ2v) is 6.70. The molecule has 1 aromatic rings. The minimum Gasteiger partial charge on any atom is -0.493 e. The van der Waals surface area contributed by atoms with Crippen LogP contribution in [0.4, 0.5) is 0 Å². The van der Waals surface area contributed by atoms with Crippen LogP contribution >= 0.6 is 15.9 Å². The van der Waals surface area contributed by atoms with E-state index >= 15 is 0 Å². The van der Waals surface area contributed by atoms with Gasteiger partial charge in [0, 0.05) is 12.6 Å². The van der Waals surface area contributed by atoms with Crippen molar-refractivity contribution in [2.45, 2.75) is 44.7 Å². The maximum atomic E-state index is 5.91. The van der Waals surface area contributed by atoms with Crippen molar-refractivity contribution in [1.29, 1.82) is 0 Å². The molecule has 0 aliphatic heterocycles. The predicted octanol–water partition coefficient (Wildman–Crippen LogP) is 3.89. The van der Waals surface area contributed by atoms with Crippen LogP contribution in [0.2, 0.25) is 0 Å². The van der Waals surface area contributed by atoms with E-state index < -0.39 is 0 Å². The highest BCUT2D eigenvalue weighted by molar-refractivity contribution is 9.10. The van der Waals surface area contributed by atoms with Gasteiger partial charge in [0.15, 0.2) is 11.5 Å².